The van der Waals surface area contributed by atoms with E-state index in [1.807, 2.05) is 24.3 Å². The molecule has 2 saturated heterocycles. The summed E-state index contributed by atoms with van der Waals surface area (Å²) in [5.41, 5.74) is 1.01. The van der Waals surface area contributed by atoms with Gasteiger partial charge in [-0.25, -0.2) is 4.79 Å². The van der Waals surface area contributed by atoms with Gasteiger partial charge in [-0.1, -0.05) is 12.1 Å². The van der Waals surface area contributed by atoms with E-state index in [1.165, 1.54) is 12.8 Å². The van der Waals surface area contributed by atoms with Crippen molar-refractivity contribution in [3.63, 3.8) is 0 Å². The number of carbonyl (C=O) groups is 1. The second-order valence-electron chi connectivity index (χ2n) is 5.36. The van der Waals surface area contributed by atoms with Gasteiger partial charge < -0.3 is 19.7 Å². The van der Waals surface area contributed by atoms with Crippen LogP contribution >= 0.6 is 0 Å². The molecule has 1 aromatic carbocycles. The molecular formula is C15H20N2O3. The van der Waals surface area contributed by atoms with Crippen LogP contribution in [0.5, 0.6) is 5.75 Å². The van der Waals surface area contributed by atoms with Crippen LogP contribution in [0, 0.1) is 0 Å². The van der Waals surface area contributed by atoms with Crippen molar-refractivity contribution >= 4 is 6.09 Å². The van der Waals surface area contributed by atoms with Crippen LogP contribution in [0.15, 0.2) is 24.3 Å². The number of nitrogens with one attached hydrogen (secondary N) is 1. The number of hydrogen-bond donors (Lipinski definition) is 1. The molecule has 5 heteroatoms. The van der Waals surface area contributed by atoms with Gasteiger partial charge in [0.25, 0.3) is 0 Å². The Balaban J connectivity index is 1.72. The largest absolute Gasteiger partial charge is 0.497 e. The normalized spacial score (nSPS) is 26.4. The molecule has 1 aromatic rings. The van der Waals surface area contributed by atoms with Crippen molar-refractivity contribution in [3.05, 3.63) is 29.8 Å². The van der Waals surface area contributed by atoms with Crippen molar-refractivity contribution < 1.29 is 14.3 Å². The molecule has 2 aliphatic rings. The maximum absolute atomic E-state index is 11.6. The Morgan fingerprint density at radius 2 is 2.00 bits per heavy atom. The Bertz CT molecular complexity index is 469. The van der Waals surface area contributed by atoms with E-state index in [0.29, 0.717) is 0 Å². The van der Waals surface area contributed by atoms with Crippen molar-refractivity contribution in [3.8, 4) is 5.75 Å². The molecule has 0 spiro atoms. The zero-order valence-electron chi connectivity index (χ0n) is 11.7. The minimum Gasteiger partial charge on any atom is -0.497 e. The number of methoxy groups -OCH3 is 1. The first kappa shape index (κ1) is 13.2. The zero-order valence-corrected chi connectivity index (χ0v) is 11.7. The van der Waals surface area contributed by atoms with Crippen molar-refractivity contribution in [2.45, 2.75) is 25.0 Å². The number of hydrogen-bond acceptors (Lipinski definition) is 4. The molecule has 2 heterocycles. The van der Waals surface area contributed by atoms with Crippen LogP contribution in [0.4, 0.5) is 4.79 Å². The first-order valence-electron chi connectivity index (χ1n) is 7.10. The highest BCUT2D eigenvalue weighted by Crippen LogP contribution is 2.28. The van der Waals surface area contributed by atoms with Gasteiger partial charge >= 0.3 is 6.09 Å². The maximum atomic E-state index is 11.6. The van der Waals surface area contributed by atoms with Gasteiger partial charge in [0.05, 0.1) is 13.2 Å². The lowest BCUT2D eigenvalue weighted by Crippen LogP contribution is -2.39. The number of cyclic esters (lactones) is 1. The third kappa shape index (κ3) is 2.72. The van der Waals surface area contributed by atoms with Crippen LogP contribution in [-0.4, -0.2) is 43.8 Å². The van der Waals surface area contributed by atoms with Crippen LogP contribution in [0.3, 0.4) is 0 Å². The predicted molar refractivity (Wildman–Crippen MR) is 74.8 cm³/mol. The van der Waals surface area contributed by atoms with Gasteiger partial charge in [-0.3, -0.25) is 0 Å². The Labute approximate surface area is 118 Å². The molecule has 0 unspecified atom stereocenters. The Hall–Kier alpha value is -1.75. The first-order chi connectivity index (χ1) is 9.76. The van der Waals surface area contributed by atoms with E-state index in [4.69, 9.17) is 9.47 Å². The summed E-state index contributed by atoms with van der Waals surface area (Å²) in [6.07, 6.45) is 1.95. The average molecular weight is 276 g/mol. The highest BCUT2D eigenvalue weighted by molar-refractivity contribution is 5.70. The predicted octanol–water partition coefficient (Wildman–Crippen LogP) is 1.94. The summed E-state index contributed by atoms with van der Waals surface area (Å²) in [7, 11) is 1.64. The Morgan fingerprint density at radius 1 is 1.30 bits per heavy atom. The monoisotopic (exact) mass is 276 g/mol. The van der Waals surface area contributed by atoms with Gasteiger partial charge in [-0.05, 0) is 43.6 Å². The minimum atomic E-state index is -0.324. The van der Waals surface area contributed by atoms with E-state index in [9.17, 15) is 4.79 Å². The SMILES string of the molecule is COc1ccc([C@H]2OC(=O)N[C@@H]2CN2CCCC2)cc1. The molecule has 2 atom stereocenters. The molecule has 0 saturated carbocycles. The molecule has 1 N–H and O–H groups in total. The summed E-state index contributed by atoms with van der Waals surface area (Å²) in [5.74, 6) is 0.808. The van der Waals surface area contributed by atoms with Crippen LogP contribution in [0.1, 0.15) is 24.5 Å². The number of carbonyl (C=O) groups excluding carboxylic acids is 1. The second kappa shape index (κ2) is 5.71. The van der Waals surface area contributed by atoms with Gasteiger partial charge in [-0.2, -0.15) is 0 Å². The lowest BCUT2D eigenvalue weighted by molar-refractivity contribution is 0.125. The minimum absolute atomic E-state index is 0.0222. The van der Waals surface area contributed by atoms with E-state index >= 15 is 0 Å². The molecule has 0 aromatic heterocycles. The van der Waals surface area contributed by atoms with Gasteiger partial charge in [0.15, 0.2) is 6.10 Å². The molecule has 0 radical (unpaired) electrons. The Morgan fingerprint density at radius 3 is 2.65 bits per heavy atom. The first-order valence-corrected chi connectivity index (χ1v) is 7.10. The van der Waals surface area contributed by atoms with E-state index < -0.39 is 0 Å². The number of amides is 1. The van der Waals surface area contributed by atoms with E-state index in [2.05, 4.69) is 10.2 Å². The van der Waals surface area contributed by atoms with Crippen molar-refractivity contribution in [1.82, 2.24) is 10.2 Å². The summed E-state index contributed by atoms with van der Waals surface area (Å²) in [5, 5.41) is 2.92. The smallest absolute Gasteiger partial charge is 0.408 e. The van der Waals surface area contributed by atoms with Crippen molar-refractivity contribution in [1.29, 1.82) is 0 Å². The molecule has 5 nitrogen and oxygen atoms in total. The van der Waals surface area contributed by atoms with Crippen LogP contribution in [0.25, 0.3) is 0 Å². The van der Waals surface area contributed by atoms with Crippen LogP contribution in [0.2, 0.25) is 0 Å². The molecule has 2 aliphatic heterocycles. The lowest BCUT2D eigenvalue weighted by atomic mass is 10.0. The lowest BCUT2D eigenvalue weighted by Gasteiger charge is -2.23. The topological polar surface area (TPSA) is 50.8 Å². The third-order valence-corrected chi connectivity index (χ3v) is 4.00. The quantitative estimate of drug-likeness (QED) is 0.913. The molecular weight excluding hydrogens is 256 g/mol. The number of nitrogens with zero attached hydrogens (tertiary/aromatic N) is 1. The van der Waals surface area contributed by atoms with Gasteiger partial charge in [0, 0.05) is 6.54 Å². The van der Waals surface area contributed by atoms with Crippen molar-refractivity contribution in [2.75, 3.05) is 26.7 Å². The summed E-state index contributed by atoms with van der Waals surface area (Å²) in [4.78, 5) is 13.9. The summed E-state index contributed by atoms with van der Waals surface area (Å²) >= 11 is 0. The second-order valence-corrected chi connectivity index (χ2v) is 5.36. The summed E-state index contributed by atoms with van der Waals surface area (Å²) in [6, 6.07) is 7.73. The molecule has 20 heavy (non-hydrogen) atoms. The van der Waals surface area contributed by atoms with Crippen molar-refractivity contribution in [2.24, 2.45) is 0 Å². The molecule has 1 amide bonds. The maximum Gasteiger partial charge on any atom is 0.408 e. The highest BCUT2D eigenvalue weighted by Gasteiger charge is 2.36. The fourth-order valence-corrected chi connectivity index (χ4v) is 2.94. The number of rotatable bonds is 4. The van der Waals surface area contributed by atoms with Crippen LogP contribution in [-0.2, 0) is 4.74 Å². The van der Waals surface area contributed by atoms with Gasteiger partial charge in [0.2, 0.25) is 0 Å². The molecule has 108 valence electrons. The fourth-order valence-electron chi connectivity index (χ4n) is 2.94. The van der Waals surface area contributed by atoms with E-state index in [-0.39, 0.29) is 18.2 Å². The Kier molecular flexibility index (Phi) is 3.78. The van der Waals surface area contributed by atoms with Gasteiger partial charge in [0.1, 0.15) is 5.75 Å². The van der Waals surface area contributed by atoms with Crippen LogP contribution < -0.4 is 10.1 Å². The number of likely N-dealkylation sites (tertiary alicyclic amines) is 1. The average Bonchev–Trinajstić information content (AvgIpc) is 3.09. The highest BCUT2D eigenvalue weighted by atomic mass is 16.6. The molecule has 2 fully saturated rings. The molecule has 0 aliphatic carbocycles. The summed E-state index contributed by atoms with van der Waals surface area (Å²) < 4.78 is 10.6. The van der Waals surface area contributed by atoms with Gasteiger partial charge in [-0.15, -0.1) is 0 Å². The molecule has 3 rings (SSSR count). The van der Waals surface area contributed by atoms with E-state index in [0.717, 1.165) is 30.9 Å². The van der Waals surface area contributed by atoms with E-state index in [1.54, 1.807) is 7.11 Å². The third-order valence-electron chi connectivity index (χ3n) is 4.00. The zero-order chi connectivity index (χ0) is 13.9. The number of ether oxygens (including phenoxy) is 2. The number of benzene rings is 1. The summed E-state index contributed by atoms with van der Waals surface area (Å²) in [6.45, 7) is 3.08. The fraction of sp³-hybridized carbons (Fsp3) is 0.533. The number of alkyl carbamates (subject to hydrolysis) is 1. The standard InChI is InChI=1S/C15H20N2O3/c1-19-12-6-4-11(5-7-12)14-13(16-15(18)20-14)10-17-8-2-3-9-17/h4-7,13-14H,2-3,8-10H2,1H3,(H,16,18)/t13-,14-/m1/s1. The molecule has 0 bridgehead atoms.